The van der Waals surface area contributed by atoms with Gasteiger partial charge < -0.3 is 9.47 Å². The molecule has 1 aliphatic heterocycles. The van der Waals surface area contributed by atoms with Crippen molar-refractivity contribution in [3.63, 3.8) is 0 Å². The van der Waals surface area contributed by atoms with Crippen molar-refractivity contribution < 1.29 is 14.3 Å². The number of aliphatic imine (C=N–C) groups is 1. The Kier molecular flexibility index (Phi) is 3.27. The molecule has 7 heteroatoms. The molecule has 7 nitrogen and oxygen atoms in total. The first-order chi connectivity index (χ1) is 6.77. The van der Waals surface area contributed by atoms with Crippen molar-refractivity contribution in [3.8, 4) is 12.4 Å². The summed E-state index contributed by atoms with van der Waals surface area (Å²) < 4.78 is 9.13. The average molecular weight is 194 g/mol. The maximum atomic E-state index is 10.5. The van der Waals surface area contributed by atoms with E-state index in [4.69, 9.17) is 10.5 Å². The fourth-order valence-corrected chi connectivity index (χ4v) is 0.917. The molecule has 1 fully saturated rings. The zero-order valence-electron chi connectivity index (χ0n) is 7.06. The second-order valence-electron chi connectivity index (χ2n) is 2.40. The molecule has 0 aromatic rings. The largest absolute Gasteiger partial charge is 0.508 e. The molecule has 0 aromatic heterocycles. The Hall–Kier alpha value is -2.28. The third kappa shape index (κ3) is 2.35. The highest BCUT2D eigenvalue weighted by Gasteiger charge is 2.25. The lowest BCUT2D eigenvalue weighted by molar-refractivity contribution is 0.00384. The van der Waals surface area contributed by atoms with Gasteiger partial charge >= 0.3 is 6.16 Å². The second-order valence-corrected chi connectivity index (χ2v) is 2.40. The summed E-state index contributed by atoms with van der Waals surface area (Å²) in [5, 5.41) is 18.9. The van der Waals surface area contributed by atoms with Gasteiger partial charge in [0.15, 0.2) is 6.19 Å². The van der Waals surface area contributed by atoms with Crippen LogP contribution in [0.25, 0.3) is 0 Å². The minimum absolute atomic E-state index is 0.0496. The molecule has 1 rings (SSSR count). The van der Waals surface area contributed by atoms with Crippen LogP contribution in [0.15, 0.2) is 4.99 Å². The third-order valence-electron chi connectivity index (χ3n) is 1.55. The van der Waals surface area contributed by atoms with Gasteiger partial charge in [0.05, 0.1) is 5.92 Å². The van der Waals surface area contributed by atoms with E-state index in [0.29, 0.717) is 0 Å². The number of cyclic esters (lactones) is 2. The molecule has 14 heavy (non-hydrogen) atoms. The summed E-state index contributed by atoms with van der Waals surface area (Å²) in [6.07, 6.45) is 2.42. The number of rotatable bonds is 1. The predicted molar refractivity (Wildman–Crippen MR) is 42.6 cm³/mol. The zero-order chi connectivity index (χ0) is 10.4. The molecule has 1 saturated heterocycles. The number of hydrogen-bond donors (Lipinski definition) is 1. The van der Waals surface area contributed by atoms with Crippen LogP contribution in [-0.2, 0) is 9.47 Å². The number of ether oxygens (including phenoxy) is 2. The summed E-state index contributed by atoms with van der Waals surface area (Å²) in [7, 11) is 0. The SMILES string of the molecule is N#CN=C(NC#N)C1COC(=O)OC1. The molecule has 0 radical (unpaired) electrons. The first-order valence-corrected chi connectivity index (χ1v) is 3.69. The molecule has 0 saturated carbocycles. The molecule has 0 aromatic carbocycles. The number of carbonyl (C=O) groups is 1. The van der Waals surface area contributed by atoms with Gasteiger partial charge in [0.2, 0.25) is 6.19 Å². The summed E-state index contributed by atoms with van der Waals surface area (Å²) in [6, 6.07) is 0. The molecule has 0 aliphatic carbocycles. The smallest absolute Gasteiger partial charge is 0.433 e. The van der Waals surface area contributed by atoms with Gasteiger partial charge in [-0.1, -0.05) is 0 Å². The molecule has 72 valence electrons. The molecule has 0 atom stereocenters. The molecule has 0 bridgehead atoms. The van der Waals surface area contributed by atoms with Gasteiger partial charge in [-0.3, -0.25) is 5.32 Å². The summed E-state index contributed by atoms with van der Waals surface area (Å²) >= 11 is 0. The second kappa shape index (κ2) is 4.67. The predicted octanol–water partition coefficient (Wildman–Crippen LogP) is -0.280. The Balaban J connectivity index is 2.63. The van der Waals surface area contributed by atoms with Crippen LogP contribution in [0, 0.1) is 28.8 Å². The van der Waals surface area contributed by atoms with Gasteiger partial charge in [-0.05, 0) is 0 Å². The van der Waals surface area contributed by atoms with Crippen LogP contribution >= 0.6 is 0 Å². The van der Waals surface area contributed by atoms with Crippen molar-refractivity contribution in [1.29, 1.82) is 10.5 Å². The van der Waals surface area contributed by atoms with Crippen LogP contribution in [0.2, 0.25) is 0 Å². The molecular weight excluding hydrogens is 188 g/mol. The highest BCUT2D eigenvalue weighted by Crippen LogP contribution is 2.08. The summed E-state index contributed by atoms with van der Waals surface area (Å²) in [5.74, 6) is -0.255. The Morgan fingerprint density at radius 3 is 2.64 bits per heavy atom. The molecule has 1 aliphatic rings. The van der Waals surface area contributed by atoms with Gasteiger partial charge in [0.25, 0.3) is 0 Å². The monoisotopic (exact) mass is 194 g/mol. The Morgan fingerprint density at radius 1 is 1.50 bits per heavy atom. The van der Waals surface area contributed by atoms with Crippen molar-refractivity contribution in [2.45, 2.75) is 0 Å². The van der Waals surface area contributed by atoms with E-state index in [1.165, 1.54) is 6.19 Å². The number of nitrogens with one attached hydrogen (secondary N) is 1. The van der Waals surface area contributed by atoms with E-state index in [1.807, 2.05) is 0 Å². The van der Waals surface area contributed by atoms with Crippen molar-refractivity contribution in [2.75, 3.05) is 13.2 Å². The average Bonchev–Trinajstić information content (AvgIpc) is 2.19. The lowest BCUT2D eigenvalue weighted by atomic mass is 10.1. The van der Waals surface area contributed by atoms with E-state index in [1.54, 1.807) is 6.19 Å². The van der Waals surface area contributed by atoms with Gasteiger partial charge in [-0.25, -0.2) is 4.79 Å². The number of amidine groups is 1. The van der Waals surface area contributed by atoms with Crippen LogP contribution in [0.5, 0.6) is 0 Å². The lowest BCUT2D eigenvalue weighted by Crippen LogP contribution is -2.38. The fraction of sp³-hybridized carbons (Fsp3) is 0.429. The topological polar surface area (TPSA) is 108 Å². The number of nitriles is 2. The van der Waals surface area contributed by atoms with Crippen LogP contribution in [0.3, 0.4) is 0 Å². The maximum Gasteiger partial charge on any atom is 0.508 e. The van der Waals surface area contributed by atoms with E-state index in [2.05, 4.69) is 19.8 Å². The van der Waals surface area contributed by atoms with Gasteiger partial charge in [-0.15, -0.1) is 0 Å². The molecule has 1 N–H and O–H groups in total. The zero-order valence-corrected chi connectivity index (χ0v) is 7.06. The van der Waals surface area contributed by atoms with Gasteiger partial charge in [0.1, 0.15) is 19.0 Å². The molecule has 0 amide bonds. The highest BCUT2D eigenvalue weighted by atomic mass is 16.7. The first-order valence-electron chi connectivity index (χ1n) is 3.69. The first kappa shape index (κ1) is 9.81. The molecule has 0 spiro atoms. The van der Waals surface area contributed by atoms with E-state index in [9.17, 15) is 4.79 Å². The number of hydrogen-bond acceptors (Lipinski definition) is 6. The summed E-state index contributed by atoms with van der Waals surface area (Å²) in [6.45, 7) is 0.0993. The normalized spacial score (nSPS) is 17.3. The molecular formula is C7H6N4O3. The van der Waals surface area contributed by atoms with Gasteiger partial charge in [-0.2, -0.15) is 15.5 Å². The number of nitrogens with zero attached hydrogens (tertiary/aromatic N) is 3. The Bertz CT molecular complexity index is 328. The maximum absolute atomic E-state index is 10.5. The van der Waals surface area contributed by atoms with E-state index in [0.717, 1.165) is 0 Å². The van der Waals surface area contributed by atoms with Crippen LogP contribution in [0.1, 0.15) is 0 Å². The molecule has 1 heterocycles. The van der Waals surface area contributed by atoms with Gasteiger partial charge in [0, 0.05) is 0 Å². The minimum Gasteiger partial charge on any atom is -0.433 e. The van der Waals surface area contributed by atoms with Crippen molar-refractivity contribution in [1.82, 2.24) is 5.32 Å². The quantitative estimate of drug-likeness (QED) is 0.202. The number of carbonyl (C=O) groups excluding carboxylic acids is 1. The van der Waals surface area contributed by atoms with Crippen molar-refractivity contribution in [3.05, 3.63) is 0 Å². The highest BCUT2D eigenvalue weighted by molar-refractivity contribution is 5.87. The summed E-state index contributed by atoms with van der Waals surface area (Å²) in [4.78, 5) is 13.9. The van der Waals surface area contributed by atoms with Crippen LogP contribution in [0.4, 0.5) is 4.79 Å². The third-order valence-corrected chi connectivity index (χ3v) is 1.55. The van der Waals surface area contributed by atoms with Crippen molar-refractivity contribution in [2.24, 2.45) is 10.9 Å². The van der Waals surface area contributed by atoms with E-state index < -0.39 is 12.1 Å². The van der Waals surface area contributed by atoms with E-state index in [-0.39, 0.29) is 19.0 Å². The minimum atomic E-state index is -0.755. The Morgan fingerprint density at radius 2 is 2.14 bits per heavy atom. The van der Waals surface area contributed by atoms with Crippen molar-refractivity contribution >= 4 is 12.0 Å². The standard InChI is InChI=1S/C7H6N4O3/c8-3-10-6(11-4-9)5-1-13-7(12)14-2-5/h5H,1-2H2,(H,10,11). The summed E-state index contributed by atoms with van der Waals surface area (Å²) in [5.41, 5.74) is 0. The van der Waals surface area contributed by atoms with E-state index >= 15 is 0 Å². The molecule has 0 unspecified atom stereocenters. The fourth-order valence-electron chi connectivity index (χ4n) is 0.917. The van der Waals surface area contributed by atoms with Crippen LogP contribution in [-0.4, -0.2) is 25.2 Å². The Labute approximate surface area is 79.5 Å². The lowest BCUT2D eigenvalue weighted by Gasteiger charge is -2.21. The van der Waals surface area contributed by atoms with Crippen LogP contribution < -0.4 is 5.32 Å².